The number of methoxy groups -OCH3 is 1. The van der Waals surface area contributed by atoms with E-state index >= 15 is 0 Å². The van der Waals surface area contributed by atoms with E-state index in [2.05, 4.69) is 0 Å². The highest BCUT2D eigenvalue weighted by atomic mass is 32.2. The number of imide groups is 1. The van der Waals surface area contributed by atoms with Gasteiger partial charge >= 0.3 is 0 Å². The molecule has 0 aliphatic carbocycles. The lowest BCUT2D eigenvalue weighted by atomic mass is 10.1. The van der Waals surface area contributed by atoms with Gasteiger partial charge in [-0.2, -0.15) is 0 Å². The lowest BCUT2D eigenvalue weighted by Crippen LogP contribution is -2.32. The van der Waals surface area contributed by atoms with Gasteiger partial charge in [0.2, 0.25) is 0 Å². The first-order chi connectivity index (χ1) is 18.5. The molecule has 0 spiro atoms. The molecule has 38 heavy (non-hydrogen) atoms. The van der Waals surface area contributed by atoms with Crippen molar-refractivity contribution in [3.63, 3.8) is 0 Å². The van der Waals surface area contributed by atoms with Crippen LogP contribution in [0.25, 0.3) is 16.8 Å². The summed E-state index contributed by atoms with van der Waals surface area (Å²) in [7, 11) is 1.51. The van der Waals surface area contributed by atoms with Gasteiger partial charge in [0.05, 0.1) is 18.6 Å². The Labute approximate surface area is 223 Å². The summed E-state index contributed by atoms with van der Waals surface area (Å²) < 4.78 is 31.1. The fraction of sp³-hybridized carbons (Fsp3) is 0.133. The van der Waals surface area contributed by atoms with Crippen LogP contribution in [0, 0.1) is 5.82 Å². The molecule has 1 aliphatic heterocycles. The lowest BCUT2D eigenvalue weighted by molar-refractivity contribution is -0.123. The number of fused-ring (bicyclic) bond motifs is 1. The van der Waals surface area contributed by atoms with Crippen molar-refractivity contribution < 1.29 is 28.2 Å². The Morgan fingerprint density at radius 1 is 0.868 bits per heavy atom. The summed E-state index contributed by atoms with van der Waals surface area (Å²) in [4.78, 5) is 27.1. The van der Waals surface area contributed by atoms with Crippen molar-refractivity contribution in [2.45, 2.75) is 6.61 Å². The Kier molecular flexibility index (Phi) is 7.60. The molecule has 6 nitrogen and oxygen atoms in total. The van der Waals surface area contributed by atoms with Crippen molar-refractivity contribution in [1.82, 2.24) is 4.90 Å². The number of thioether (sulfide) groups is 1. The number of rotatable bonds is 9. The van der Waals surface area contributed by atoms with Gasteiger partial charge in [0, 0.05) is 10.9 Å². The molecular weight excluding hydrogens is 505 g/mol. The van der Waals surface area contributed by atoms with Crippen LogP contribution in [0.15, 0.2) is 89.8 Å². The zero-order valence-corrected chi connectivity index (χ0v) is 21.4. The van der Waals surface area contributed by atoms with Crippen molar-refractivity contribution in [2.75, 3.05) is 20.3 Å². The van der Waals surface area contributed by atoms with Crippen LogP contribution < -0.4 is 14.2 Å². The average molecular weight is 530 g/mol. The van der Waals surface area contributed by atoms with Crippen molar-refractivity contribution >= 4 is 39.8 Å². The van der Waals surface area contributed by atoms with Crippen LogP contribution in [0.3, 0.4) is 0 Å². The Hall–Kier alpha value is -4.30. The number of carbonyl (C=O) groups excluding carboxylic acids is 2. The largest absolute Gasteiger partial charge is 0.493 e. The number of nitrogens with zero attached hydrogens (tertiary/aromatic N) is 1. The van der Waals surface area contributed by atoms with E-state index in [1.165, 1.54) is 18.1 Å². The molecule has 0 atom stereocenters. The van der Waals surface area contributed by atoms with E-state index in [1.54, 1.807) is 42.5 Å². The maximum absolute atomic E-state index is 14.0. The molecule has 1 heterocycles. The zero-order valence-electron chi connectivity index (χ0n) is 20.6. The molecule has 8 heteroatoms. The summed E-state index contributed by atoms with van der Waals surface area (Å²) in [6.45, 7) is 0.320. The van der Waals surface area contributed by atoms with Gasteiger partial charge in [0.1, 0.15) is 24.8 Å². The fourth-order valence-electron chi connectivity index (χ4n) is 4.08. The highest BCUT2D eigenvalue weighted by Gasteiger charge is 2.34. The second kappa shape index (κ2) is 11.4. The van der Waals surface area contributed by atoms with Gasteiger partial charge in [0.15, 0.2) is 11.5 Å². The minimum Gasteiger partial charge on any atom is -0.493 e. The summed E-state index contributed by atoms with van der Waals surface area (Å²) in [6.07, 6.45) is 1.63. The second-order valence-corrected chi connectivity index (χ2v) is 9.44. The summed E-state index contributed by atoms with van der Waals surface area (Å²) in [5.41, 5.74) is 1.05. The number of benzene rings is 4. The minimum absolute atomic E-state index is 0.0136. The van der Waals surface area contributed by atoms with Crippen LogP contribution in [-0.2, 0) is 11.4 Å². The van der Waals surface area contributed by atoms with E-state index in [4.69, 9.17) is 14.2 Å². The van der Waals surface area contributed by atoms with Gasteiger partial charge < -0.3 is 14.2 Å². The summed E-state index contributed by atoms with van der Waals surface area (Å²) in [5, 5.41) is 1.67. The van der Waals surface area contributed by atoms with Crippen LogP contribution in [-0.4, -0.2) is 36.3 Å². The second-order valence-electron chi connectivity index (χ2n) is 8.45. The van der Waals surface area contributed by atoms with E-state index in [9.17, 15) is 14.0 Å². The molecule has 0 unspecified atom stereocenters. The first-order valence-corrected chi connectivity index (χ1v) is 12.8. The first kappa shape index (κ1) is 25.4. The number of carbonyl (C=O) groups is 2. The van der Waals surface area contributed by atoms with E-state index in [-0.39, 0.29) is 36.7 Å². The molecule has 0 radical (unpaired) electrons. The van der Waals surface area contributed by atoms with Gasteiger partial charge in [-0.15, -0.1) is 0 Å². The van der Waals surface area contributed by atoms with Crippen molar-refractivity contribution in [1.29, 1.82) is 0 Å². The Bertz CT molecular complexity index is 1530. The molecule has 0 saturated carbocycles. The highest BCUT2D eigenvalue weighted by Crippen LogP contribution is 2.35. The molecule has 4 aromatic carbocycles. The summed E-state index contributed by atoms with van der Waals surface area (Å²) in [5.74, 6) is 0.822. The molecule has 1 aliphatic rings. The number of halogens is 1. The predicted molar refractivity (Wildman–Crippen MR) is 146 cm³/mol. The molecular formula is C30H24FNO5S. The van der Waals surface area contributed by atoms with Gasteiger partial charge in [-0.1, -0.05) is 60.7 Å². The molecule has 4 aromatic rings. The van der Waals surface area contributed by atoms with Crippen LogP contribution in [0.5, 0.6) is 17.2 Å². The maximum atomic E-state index is 14.0. The monoisotopic (exact) mass is 529 g/mol. The quantitative estimate of drug-likeness (QED) is 0.225. The Balaban J connectivity index is 1.26. The molecule has 0 bridgehead atoms. The smallest absolute Gasteiger partial charge is 0.293 e. The van der Waals surface area contributed by atoms with E-state index in [1.807, 2.05) is 42.5 Å². The van der Waals surface area contributed by atoms with Crippen molar-refractivity contribution in [3.05, 3.63) is 107 Å². The third-order valence-corrected chi connectivity index (χ3v) is 6.93. The molecule has 192 valence electrons. The number of hydrogen-bond donors (Lipinski definition) is 0. The normalized spacial score (nSPS) is 14.4. The molecule has 1 saturated heterocycles. The van der Waals surface area contributed by atoms with Gasteiger partial charge in [-0.05, 0) is 53.1 Å². The first-order valence-electron chi connectivity index (χ1n) is 11.9. The van der Waals surface area contributed by atoms with Gasteiger partial charge in [-0.25, -0.2) is 4.39 Å². The van der Waals surface area contributed by atoms with Crippen LogP contribution in [0.1, 0.15) is 11.1 Å². The molecule has 2 amide bonds. The minimum atomic E-state index is -0.383. The molecule has 0 N–H and O–H groups in total. The van der Waals surface area contributed by atoms with E-state index in [0.29, 0.717) is 33.3 Å². The average Bonchev–Trinajstić information content (AvgIpc) is 3.20. The van der Waals surface area contributed by atoms with Crippen LogP contribution in [0.4, 0.5) is 9.18 Å². The van der Waals surface area contributed by atoms with Gasteiger partial charge in [0.25, 0.3) is 11.1 Å². The zero-order chi connectivity index (χ0) is 26.5. The van der Waals surface area contributed by atoms with Gasteiger partial charge in [-0.3, -0.25) is 14.5 Å². The number of amides is 2. The van der Waals surface area contributed by atoms with Crippen LogP contribution in [0.2, 0.25) is 0 Å². The summed E-state index contributed by atoms with van der Waals surface area (Å²) >= 11 is 0.875. The topological polar surface area (TPSA) is 65.1 Å². The SMILES string of the molecule is COc1ccc(/C=C2\SC(=O)N(CCOc3cccc4ccccc34)C2=O)cc1OCc1ccccc1F. The molecule has 1 fully saturated rings. The van der Waals surface area contributed by atoms with E-state index in [0.717, 1.165) is 22.5 Å². The van der Waals surface area contributed by atoms with Crippen molar-refractivity contribution in [3.8, 4) is 17.2 Å². The van der Waals surface area contributed by atoms with E-state index < -0.39 is 0 Å². The maximum Gasteiger partial charge on any atom is 0.293 e. The summed E-state index contributed by atoms with van der Waals surface area (Å²) in [6, 6.07) is 25.1. The fourth-order valence-corrected chi connectivity index (χ4v) is 4.94. The third kappa shape index (κ3) is 5.50. The predicted octanol–water partition coefficient (Wildman–Crippen LogP) is 6.68. The highest BCUT2D eigenvalue weighted by molar-refractivity contribution is 8.18. The Morgan fingerprint density at radius 3 is 2.50 bits per heavy atom. The number of hydrogen-bond acceptors (Lipinski definition) is 6. The molecule has 0 aromatic heterocycles. The lowest BCUT2D eigenvalue weighted by Gasteiger charge is -2.14. The number of ether oxygens (including phenoxy) is 3. The standard InChI is InChI=1S/C30H24FNO5S/c1-35-26-14-13-20(17-27(26)37-19-22-8-3-5-11-24(22)31)18-28-29(33)32(30(34)38-28)15-16-36-25-12-6-9-21-7-2-4-10-23(21)25/h2-14,17-18H,15-16,19H2,1H3/b28-18-. The Morgan fingerprint density at radius 2 is 1.66 bits per heavy atom. The van der Waals surface area contributed by atoms with Crippen molar-refractivity contribution in [2.24, 2.45) is 0 Å². The third-order valence-electron chi connectivity index (χ3n) is 6.02. The van der Waals surface area contributed by atoms with Crippen LogP contribution >= 0.6 is 11.8 Å². The molecule has 5 rings (SSSR count).